The summed E-state index contributed by atoms with van der Waals surface area (Å²) in [5.74, 6) is 0.329. The summed E-state index contributed by atoms with van der Waals surface area (Å²) in [6.45, 7) is 5.88. The average molecular weight is 461 g/mol. The molecule has 2 aromatic carbocycles. The molecule has 2 unspecified atom stereocenters. The van der Waals surface area contributed by atoms with Crippen LogP contribution in [0, 0.1) is 12.3 Å². The molecule has 2 heterocycles. The molecule has 2 aromatic rings. The Bertz CT molecular complexity index is 1070. The lowest BCUT2D eigenvalue weighted by Gasteiger charge is -2.38. The lowest BCUT2D eigenvalue weighted by atomic mass is 9.79. The molecule has 0 aromatic heterocycles. The van der Waals surface area contributed by atoms with E-state index in [0.717, 1.165) is 6.42 Å². The lowest BCUT2D eigenvalue weighted by Crippen LogP contribution is -2.50. The number of carbonyl (C=O) groups excluding carboxylic acids is 1. The van der Waals surface area contributed by atoms with Crippen molar-refractivity contribution in [2.45, 2.75) is 43.9 Å². The smallest absolute Gasteiger partial charge is 0.243 e. The molecule has 1 amide bonds. The number of likely N-dealkylation sites (tertiary alicyclic amines) is 1. The van der Waals surface area contributed by atoms with Crippen molar-refractivity contribution in [3.63, 3.8) is 0 Å². The van der Waals surface area contributed by atoms with E-state index in [-0.39, 0.29) is 23.3 Å². The van der Waals surface area contributed by atoms with Gasteiger partial charge in [-0.25, -0.2) is 8.42 Å². The van der Waals surface area contributed by atoms with Crippen molar-refractivity contribution >= 4 is 27.5 Å². The van der Waals surface area contributed by atoms with E-state index in [4.69, 9.17) is 11.6 Å². The van der Waals surface area contributed by atoms with E-state index in [0.29, 0.717) is 43.1 Å². The van der Waals surface area contributed by atoms with Crippen molar-refractivity contribution in [1.82, 2.24) is 9.21 Å². The number of halogens is 1. The van der Waals surface area contributed by atoms with Crippen LogP contribution in [0.5, 0.6) is 0 Å². The molecule has 7 heteroatoms. The standard InChI is InChI=1S/C24H29ClN2O3S/c1-18(20-8-4-3-5-9-20)16-26-15-13-24(23(26)28)12-7-14-27(17-24)31(29,30)22-11-6-10-21(25)19(22)2/h3-6,8-11,18H,7,12-17H2,1-2H3. The summed E-state index contributed by atoms with van der Waals surface area (Å²) in [5.41, 5.74) is 1.15. The van der Waals surface area contributed by atoms with E-state index in [9.17, 15) is 13.2 Å². The molecule has 166 valence electrons. The molecule has 0 aliphatic carbocycles. The highest BCUT2D eigenvalue weighted by atomic mass is 35.5. The number of piperidine rings is 1. The predicted octanol–water partition coefficient (Wildman–Crippen LogP) is 4.46. The second-order valence-corrected chi connectivity index (χ2v) is 11.2. The summed E-state index contributed by atoms with van der Waals surface area (Å²) >= 11 is 6.18. The van der Waals surface area contributed by atoms with Crippen LogP contribution >= 0.6 is 11.6 Å². The number of rotatable bonds is 5. The fourth-order valence-corrected chi connectivity index (χ4v) is 7.01. The first-order valence-corrected chi connectivity index (χ1v) is 12.7. The van der Waals surface area contributed by atoms with Crippen LogP contribution in [-0.4, -0.2) is 49.7 Å². The highest BCUT2D eigenvalue weighted by molar-refractivity contribution is 7.89. The van der Waals surface area contributed by atoms with Gasteiger partial charge in [-0.3, -0.25) is 4.79 Å². The number of carbonyl (C=O) groups is 1. The number of nitrogens with zero attached hydrogens (tertiary/aromatic N) is 2. The van der Waals surface area contributed by atoms with Crippen LogP contribution in [0.4, 0.5) is 0 Å². The van der Waals surface area contributed by atoms with Crippen molar-refractivity contribution < 1.29 is 13.2 Å². The van der Waals surface area contributed by atoms with Crippen molar-refractivity contribution in [3.8, 4) is 0 Å². The van der Waals surface area contributed by atoms with E-state index >= 15 is 0 Å². The van der Waals surface area contributed by atoms with Crippen LogP contribution in [-0.2, 0) is 14.8 Å². The molecule has 5 nitrogen and oxygen atoms in total. The minimum Gasteiger partial charge on any atom is -0.342 e. The topological polar surface area (TPSA) is 57.7 Å². The minimum absolute atomic E-state index is 0.0954. The second kappa shape index (κ2) is 8.57. The number of hydrogen-bond acceptors (Lipinski definition) is 3. The fourth-order valence-electron chi connectivity index (χ4n) is 4.96. The van der Waals surface area contributed by atoms with Gasteiger partial charge in [-0.05, 0) is 55.4 Å². The van der Waals surface area contributed by atoms with E-state index < -0.39 is 15.4 Å². The summed E-state index contributed by atoms with van der Waals surface area (Å²) in [5, 5.41) is 0.436. The van der Waals surface area contributed by atoms with Gasteiger partial charge in [0, 0.05) is 31.2 Å². The molecule has 2 atom stereocenters. The first-order chi connectivity index (χ1) is 14.7. The largest absolute Gasteiger partial charge is 0.342 e. The molecule has 2 fully saturated rings. The van der Waals surface area contributed by atoms with Gasteiger partial charge in [-0.1, -0.05) is 54.9 Å². The van der Waals surface area contributed by atoms with Crippen LogP contribution in [0.1, 0.15) is 43.2 Å². The van der Waals surface area contributed by atoms with Crippen molar-refractivity contribution in [1.29, 1.82) is 0 Å². The molecule has 2 aliphatic rings. The Kier molecular flexibility index (Phi) is 6.16. The van der Waals surface area contributed by atoms with E-state index in [1.807, 2.05) is 23.1 Å². The fraction of sp³-hybridized carbons (Fsp3) is 0.458. The maximum absolute atomic E-state index is 13.5. The quantitative estimate of drug-likeness (QED) is 0.662. The van der Waals surface area contributed by atoms with Gasteiger partial charge in [0.2, 0.25) is 15.9 Å². The van der Waals surface area contributed by atoms with Gasteiger partial charge in [0.05, 0.1) is 10.3 Å². The molecule has 0 radical (unpaired) electrons. The van der Waals surface area contributed by atoms with Crippen LogP contribution in [0.25, 0.3) is 0 Å². The Morgan fingerprint density at radius 1 is 1.06 bits per heavy atom. The summed E-state index contributed by atoms with van der Waals surface area (Å²) in [4.78, 5) is 15.6. The predicted molar refractivity (Wildman–Crippen MR) is 123 cm³/mol. The van der Waals surface area contributed by atoms with E-state index in [2.05, 4.69) is 19.1 Å². The molecule has 0 N–H and O–H groups in total. The highest BCUT2D eigenvalue weighted by Gasteiger charge is 2.51. The molecule has 2 aliphatic heterocycles. The van der Waals surface area contributed by atoms with Gasteiger partial charge in [0.1, 0.15) is 0 Å². The van der Waals surface area contributed by atoms with Gasteiger partial charge in [0.25, 0.3) is 0 Å². The third-order valence-electron chi connectivity index (χ3n) is 6.84. The average Bonchev–Trinajstić information content (AvgIpc) is 3.05. The molecule has 31 heavy (non-hydrogen) atoms. The maximum Gasteiger partial charge on any atom is 0.243 e. The van der Waals surface area contributed by atoms with E-state index in [1.165, 1.54) is 9.87 Å². The Morgan fingerprint density at radius 2 is 1.81 bits per heavy atom. The first-order valence-electron chi connectivity index (χ1n) is 10.8. The Hall–Kier alpha value is -1.89. The maximum atomic E-state index is 13.5. The molecule has 0 saturated carbocycles. The molecule has 2 saturated heterocycles. The summed E-state index contributed by atoms with van der Waals surface area (Å²) in [6, 6.07) is 15.1. The highest BCUT2D eigenvalue weighted by Crippen LogP contribution is 2.42. The Morgan fingerprint density at radius 3 is 2.55 bits per heavy atom. The third kappa shape index (κ3) is 4.13. The Balaban J connectivity index is 1.52. The Labute approximate surface area is 190 Å². The molecule has 1 spiro atoms. The van der Waals surface area contributed by atoms with Crippen molar-refractivity contribution in [2.24, 2.45) is 5.41 Å². The van der Waals surface area contributed by atoms with Crippen LogP contribution in [0.15, 0.2) is 53.4 Å². The van der Waals surface area contributed by atoms with Gasteiger partial charge in [-0.2, -0.15) is 4.31 Å². The zero-order valence-electron chi connectivity index (χ0n) is 18.1. The lowest BCUT2D eigenvalue weighted by molar-refractivity contribution is -0.138. The summed E-state index contributed by atoms with van der Waals surface area (Å²) in [7, 11) is -3.71. The second-order valence-electron chi connectivity index (χ2n) is 8.90. The van der Waals surface area contributed by atoms with Gasteiger partial charge < -0.3 is 4.90 Å². The zero-order valence-corrected chi connectivity index (χ0v) is 19.6. The molecular formula is C24H29ClN2O3S. The van der Waals surface area contributed by atoms with Crippen LogP contribution in [0.2, 0.25) is 5.02 Å². The summed E-state index contributed by atoms with van der Waals surface area (Å²) < 4.78 is 28.3. The zero-order chi connectivity index (χ0) is 22.2. The van der Waals surface area contributed by atoms with Gasteiger partial charge in [0.15, 0.2) is 0 Å². The number of sulfonamides is 1. The number of benzene rings is 2. The number of hydrogen-bond donors (Lipinski definition) is 0. The first kappa shape index (κ1) is 22.3. The van der Waals surface area contributed by atoms with E-state index in [1.54, 1.807) is 25.1 Å². The number of amides is 1. The van der Waals surface area contributed by atoms with Gasteiger partial charge >= 0.3 is 0 Å². The van der Waals surface area contributed by atoms with Crippen LogP contribution in [0.3, 0.4) is 0 Å². The summed E-state index contributed by atoms with van der Waals surface area (Å²) in [6.07, 6.45) is 2.13. The minimum atomic E-state index is -3.71. The normalized spacial score (nSPS) is 23.5. The molecule has 4 rings (SSSR count). The molecular weight excluding hydrogens is 432 g/mol. The third-order valence-corrected chi connectivity index (χ3v) is 9.24. The monoisotopic (exact) mass is 460 g/mol. The SMILES string of the molecule is Cc1c(Cl)cccc1S(=O)(=O)N1CCCC2(CCN(CC(C)c3ccccc3)C2=O)C1. The van der Waals surface area contributed by atoms with Crippen LogP contribution < -0.4 is 0 Å². The van der Waals surface area contributed by atoms with Crippen molar-refractivity contribution in [2.75, 3.05) is 26.2 Å². The van der Waals surface area contributed by atoms with Gasteiger partial charge in [-0.15, -0.1) is 0 Å². The molecule has 0 bridgehead atoms. The van der Waals surface area contributed by atoms with Crippen molar-refractivity contribution in [3.05, 3.63) is 64.7 Å².